The molecule has 172 valence electrons. The third-order valence-electron chi connectivity index (χ3n) is 4.75. The van der Waals surface area contributed by atoms with Gasteiger partial charge in [0, 0.05) is 68.5 Å². The fourth-order valence-electron chi connectivity index (χ4n) is 3.10. The van der Waals surface area contributed by atoms with Crippen LogP contribution in [-0.4, -0.2) is 101 Å². The molecule has 1 aliphatic rings. The molecule has 0 saturated heterocycles. The van der Waals surface area contributed by atoms with Gasteiger partial charge in [-0.1, -0.05) is 0 Å². The summed E-state index contributed by atoms with van der Waals surface area (Å²) in [7, 11) is 0. The minimum atomic E-state index is -1.30. The van der Waals surface area contributed by atoms with Crippen LogP contribution in [0.2, 0.25) is 0 Å². The van der Waals surface area contributed by atoms with Gasteiger partial charge in [-0.2, -0.15) is 4.98 Å². The molecule has 13 nitrogen and oxygen atoms in total. The normalized spacial score (nSPS) is 15.0. The van der Waals surface area contributed by atoms with Crippen LogP contribution in [0.4, 0.5) is 23.1 Å². The van der Waals surface area contributed by atoms with Crippen molar-refractivity contribution >= 4 is 78.7 Å². The first-order valence-corrected chi connectivity index (χ1v) is 9.72. The van der Waals surface area contributed by atoms with Crippen LogP contribution >= 0.6 is 0 Å². The van der Waals surface area contributed by atoms with E-state index in [0.29, 0.717) is 30.3 Å². The number of aromatic nitrogens is 2. The molecule has 1 aromatic heterocycles. The number of hydrogen-bond donors (Lipinski definition) is 8. The number of H-pyrrole nitrogens is 1. The average molecular weight is 486 g/mol. The zero-order valence-corrected chi connectivity index (χ0v) is 19.8. The topological polar surface area (TPSA) is 212 Å². The SMILES string of the molecule is Nc1nc2c(c(=O)[nH]1)N[C@H](CNc1ccc(C(=O)N[C@@H](CCC(=O)O)C(=O)O)cc1)CN2.[Ca]. The number of fused-ring (bicyclic) bond motifs is 1. The van der Waals surface area contributed by atoms with Crippen molar-refractivity contribution in [2.24, 2.45) is 0 Å². The molecule has 33 heavy (non-hydrogen) atoms. The Hall–Kier alpha value is -3.03. The molecule has 1 aliphatic heterocycles. The number of nitrogens with zero attached hydrogens (tertiary/aromatic N) is 1. The number of carbonyl (C=O) groups excluding carboxylic acids is 1. The fourth-order valence-corrected chi connectivity index (χ4v) is 3.10. The van der Waals surface area contributed by atoms with Crippen LogP contribution in [0, 0.1) is 0 Å². The van der Waals surface area contributed by atoms with E-state index in [9.17, 15) is 19.2 Å². The summed E-state index contributed by atoms with van der Waals surface area (Å²) in [5.41, 5.74) is 6.40. The Morgan fingerprint density at radius 1 is 1.21 bits per heavy atom. The third-order valence-corrected chi connectivity index (χ3v) is 4.75. The van der Waals surface area contributed by atoms with Gasteiger partial charge in [0.1, 0.15) is 11.7 Å². The number of nitrogens with two attached hydrogens (primary N) is 1. The van der Waals surface area contributed by atoms with Gasteiger partial charge in [-0.3, -0.25) is 19.4 Å². The molecule has 2 radical (unpaired) electrons. The summed E-state index contributed by atoms with van der Waals surface area (Å²) in [6.45, 7) is 0.960. The van der Waals surface area contributed by atoms with Crippen LogP contribution in [0.1, 0.15) is 23.2 Å². The van der Waals surface area contributed by atoms with Gasteiger partial charge >= 0.3 is 11.9 Å². The zero-order valence-electron chi connectivity index (χ0n) is 17.6. The van der Waals surface area contributed by atoms with Crippen molar-refractivity contribution in [3.63, 3.8) is 0 Å². The quantitative estimate of drug-likeness (QED) is 0.209. The van der Waals surface area contributed by atoms with Crippen LogP contribution < -0.4 is 32.6 Å². The van der Waals surface area contributed by atoms with Crippen LogP contribution in [0.25, 0.3) is 0 Å². The number of amides is 1. The van der Waals surface area contributed by atoms with Crippen molar-refractivity contribution in [2.75, 3.05) is 34.8 Å². The Morgan fingerprint density at radius 3 is 2.55 bits per heavy atom. The van der Waals surface area contributed by atoms with Crippen molar-refractivity contribution in [1.82, 2.24) is 15.3 Å². The Labute approximate surface area is 217 Å². The number of hydrogen-bond acceptors (Lipinski definition) is 9. The molecule has 1 amide bonds. The molecule has 3 rings (SSSR count). The van der Waals surface area contributed by atoms with E-state index in [4.69, 9.17) is 15.9 Å². The van der Waals surface area contributed by atoms with Gasteiger partial charge in [0.15, 0.2) is 5.82 Å². The summed E-state index contributed by atoms with van der Waals surface area (Å²) in [5.74, 6) is -2.64. The molecular formula is C19H23CaN7O6. The fraction of sp³-hybridized carbons (Fsp3) is 0.316. The van der Waals surface area contributed by atoms with Crippen LogP contribution in [0.15, 0.2) is 29.1 Å². The van der Waals surface area contributed by atoms with Crippen LogP contribution in [0.3, 0.4) is 0 Å². The molecule has 2 heterocycles. The maximum atomic E-state index is 12.3. The Balaban J connectivity index is 0.00000385. The van der Waals surface area contributed by atoms with Gasteiger partial charge < -0.3 is 37.2 Å². The van der Waals surface area contributed by atoms with Gasteiger partial charge in [0.2, 0.25) is 5.95 Å². The molecule has 0 bridgehead atoms. The summed E-state index contributed by atoms with van der Waals surface area (Å²) < 4.78 is 0. The first-order valence-electron chi connectivity index (χ1n) is 9.72. The number of benzene rings is 1. The van der Waals surface area contributed by atoms with E-state index in [0.717, 1.165) is 0 Å². The summed E-state index contributed by atoms with van der Waals surface area (Å²) >= 11 is 0. The van der Waals surface area contributed by atoms with Crippen molar-refractivity contribution in [3.8, 4) is 0 Å². The Morgan fingerprint density at radius 2 is 1.91 bits per heavy atom. The summed E-state index contributed by atoms with van der Waals surface area (Å²) in [5, 5.41) is 29.5. The van der Waals surface area contributed by atoms with Gasteiger partial charge in [0.25, 0.3) is 11.5 Å². The van der Waals surface area contributed by atoms with E-state index in [1.54, 1.807) is 12.1 Å². The molecule has 0 aliphatic carbocycles. The molecule has 0 unspecified atom stereocenters. The van der Waals surface area contributed by atoms with Crippen molar-refractivity contribution in [1.29, 1.82) is 0 Å². The minimum absolute atomic E-state index is 0. The number of aliphatic carboxylic acids is 2. The summed E-state index contributed by atoms with van der Waals surface area (Å²) in [4.78, 5) is 52.6. The van der Waals surface area contributed by atoms with E-state index in [2.05, 4.69) is 31.2 Å². The smallest absolute Gasteiger partial charge is 0.326 e. The molecular weight excluding hydrogens is 462 g/mol. The second-order valence-corrected chi connectivity index (χ2v) is 7.15. The van der Waals surface area contributed by atoms with E-state index in [1.165, 1.54) is 12.1 Å². The predicted molar refractivity (Wildman–Crippen MR) is 122 cm³/mol. The van der Waals surface area contributed by atoms with Crippen molar-refractivity contribution in [2.45, 2.75) is 24.9 Å². The second kappa shape index (κ2) is 11.7. The molecule has 2 atom stereocenters. The molecule has 0 saturated carbocycles. The standard InChI is InChI=1S/C19H23N7O6.Ca/c20-19-25-15-14(17(30)26-19)23-11(8-22-15)7-21-10-3-1-9(2-4-10)16(29)24-12(18(31)32)5-6-13(27)28;/h1-4,11-12,21,23H,5-8H2,(H,24,29)(H,27,28)(H,31,32)(H4,20,22,25,26,30);/t11-,12+;/m1./s1. The monoisotopic (exact) mass is 485 g/mol. The largest absolute Gasteiger partial charge is 0.481 e. The summed E-state index contributed by atoms with van der Waals surface area (Å²) in [6, 6.07) is 4.93. The molecule has 14 heteroatoms. The van der Waals surface area contributed by atoms with Crippen molar-refractivity contribution in [3.05, 3.63) is 40.2 Å². The number of carbonyl (C=O) groups is 3. The summed E-state index contributed by atoms with van der Waals surface area (Å²) in [6.07, 6.45) is -0.587. The maximum absolute atomic E-state index is 12.3. The minimum Gasteiger partial charge on any atom is -0.481 e. The van der Waals surface area contributed by atoms with Crippen LogP contribution in [-0.2, 0) is 9.59 Å². The number of rotatable bonds is 9. The number of nitrogen functional groups attached to an aromatic ring is 1. The molecule has 1 aromatic carbocycles. The Kier molecular flexibility index (Phi) is 9.32. The van der Waals surface area contributed by atoms with Crippen LogP contribution in [0.5, 0.6) is 0 Å². The number of carboxylic acids is 2. The van der Waals surface area contributed by atoms with Crippen molar-refractivity contribution < 1.29 is 24.6 Å². The first-order chi connectivity index (χ1) is 15.2. The molecule has 9 N–H and O–H groups in total. The number of anilines is 4. The second-order valence-electron chi connectivity index (χ2n) is 7.15. The van der Waals surface area contributed by atoms with Gasteiger partial charge in [-0.05, 0) is 30.7 Å². The molecule has 2 aromatic rings. The third kappa shape index (κ3) is 7.23. The number of carboxylic acid groups (broad SMARTS) is 2. The molecule has 0 spiro atoms. The van der Waals surface area contributed by atoms with E-state index >= 15 is 0 Å². The average Bonchev–Trinajstić information content (AvgIpc) is 2.75. The van der Waals surface area contributed by atoms with E-state index < -0.39 is 23.9 Å². The number of nitrogens with one attached hydrogen (secondary N) is 5. The van der Waals surface area contributed by atoms with E-state index in [1.807, 2.05) is 0 Å². The predicted octanol–water partition coefficient (Wildman–Crippen LogP) is -0.663. The van der Waals surface area contributed by atoms with Gasteiger partial charge in [-0.15, -0.1) is 0 Å². The molecule has 0 fully saturated rings. The number of aromatic amines is 1. The van der Waals surface area contributed by atoms with Gasteiger partial charge in [-0.25, -0.2) is 4.79 Å². The van der Waals surface area contributed by atoms with E-state index in [-0.39, 0.29) is 73.7 Å². The first kappa shape index (κ1) is 26.2. The zero-order chi connectivity index (χ0) is 23.3. The van der Waals surface area contributed by atoms with Gasteiger partial charge in [0.05, 0.1) is 6.04 Å². The Bertz CT molecular complexity index is 1080. The maximum Gasteiger partial charge on any atom is 0.326 e.